The van der Waals surface area contributed by atoms with E-state index in [-0.39, 0.29) is 22.9 Å². The Labute approximate surface area is 93.4 Å². The third-order valence-corrected chi connectivity index (χ3v) is 3.76. The van der Waals surface area contributed by atoms with Gasteiger partial charge in [0.25, 0.3) is 0 Å². The average Bonchev–Trinajstić information content (AvgIpc) is 2.20. The Morgan fingerprint density at radius 1 is 1.57 bits per heavy atom. The van der Waals surface area contributed by atoms with Gasteiger partial charge in [-0.3, -0.25) is 4.79 Å². The summed E-state index contributed by atoms with van der Waals surface area (Å²) in [5.41, 5.74) is 0. The number of hydrogen-bond donors (Lipinski definition) is 2. The zero-order valence-electron chi connectivity index (χ0n) is 8.50. The van der Waals surface area contributed by atoms with Crippen molar-refractivity contribution in [2.45, 2.75) is 56.0 Å². The molecule has 1 aliphatic rings. The van der Waals surface area contributed by atoms with E-state index in [4.69, 9.17) is 0 Å². The number of aliphatic hydroxyl groups excluding tert-OH is 1. The van der Waals surface area contributed by atoms with E-state index in [1.807, 2.05) is 6.92 Å². The molecule has 0 aromatic rings. The van der Waals surface area contributed by atoms with Crippen LogP contribution in [0.15, 0.2) is 0 Å². The highest BCUT2D eigenvalue weighted by Crippen LogP contribution is 2.19. The van der Waals surface area contributed by atoms with Crippen LogP contribution in [0.2, 0.25) is 0 Å². The molecule has 1 fully saturated rings. The molecule has 0 bridgehead atoms. The van der Waals surface area contributed by atoms with Crippen molar-refractivity contribution in [3.63, 3.8) is 0 Å². The second-order valence-corrected chi connectivity index (χ2v) is 4.95. The van der Waals surface area contributed by atoms with Crippen LogP contribution in [-0.2, 0) is 4.79 Å². The number of alkyl halides is 1. The van der Waals surface area contributed by atoms with Gasteiger partial charge in [-0.25, -0.2) is 0 Å². The Morgan fingerprint density at radius 3 is 2.79 bits per heavy atom. The maximum Gasteiger partial charge on any atom is 0.234 e. The van der Waals surface area contributed by atoms with Crippen molar-refractivity contribution in [2.75, 3.05) is 0 Å². The first-order chi connectivity index (χ1) is 6.65. The highest BCUT2D eigenvalue weighted by molar-refractivity contribution is 9.10. The molecule has 0 aromatic heterocycles. The standard InChI is InChI=1S/C10H18BrNO2/c1-2-7(11)10(14)12-8-5-3-4-6-9(8)13/h7-9,13H,2-6H2,1H3,(H,12,14)/t7?,8-,9-/m0/s1. The second kappa shape index (κ2) is 5.71. The van der Waals surface area contributed by atoms with Gasteiger partial charge in [0.1, 0.15) is 0 Å². The summed E-state index contributed by atoms with van der Waals surface area (Å²) in [6, 6.07) is -0.0390. The quantitative estimate of drug-likeness (QED) is 0.760. The van der Waals surface area contributed by atoms with Crippen LogP contribution in [0, 0.1) is 0 Å². The van der Waals surface area contributed by atoms with Gasteiger partial charge in [-0.15, -0.1) is 0 Å². The molecule has 2 N–H and O–H groups in total. The number of carbonyl (C=O) groups is 1. The zero-order chi connectivity index (χ0) is 10.6. The zero-order valence-corrected chi connectivity index (χ0v) is 10.1. The van der Waals surface area contributed by atoms with Gasteiger partial charge in [0.15, 0.2) is 0 Å². The number of amides is 1. The Balaban J connectivity index is 2.38. The van der Waals surface area contributed by atoms with Crippen LogP contribution < -0.4 is 5.32 Å². The summed E-state index contributed by atoms with van der Waals surface area (Å²) in [6.45, 7) is 1.95. The summed E-state index contributed by atoms with van der Waals surface area (Å²) >= 11 is 3.30. The van der Waals surface area contributed by atoms with E-state index in [1.54, 1.807) is 0 Å². The molecule has 1 saturated carbocycles. The number of nitrogens with one attached hydrogen (secondary N) is 1. The first-order valence-electron chi connectivity index (χ1n) is 5.27. The third-order valence-electron chi connectivity index (χ3n) is 2.70. The van der Waals surface area contributed by atoms with Gasteiger partial charge < -0.3 is 10.4 Å². The smallest absolute Gasteiger partial charge is 0.234 e. The van der Waals surface area contributed by atoms with Crippen LogP contribution in [0.4, 0.5) is 0 Å². The summed E-state index contributed by atoms with van der Waals surface area (Å²) in [7, 11) is 0. The normalized spacial score (nSPS) is 29.6. The van der Waals surface area contributed by atoms with Crippen LogP contribution in [-0.4, -0.2) is 28.0 Å². The van der Waals surface area contributed by atoms with Crippen molar-refractivity contribution in [3.05, 3.63) is 0 Å². The minimum Gasteiger partial charge on any atom is -0.391 e. The molecule has 3 atom stereocenters. The minimum absolute atomic E-state index is 0.00144. The number of carbonyl (C=O) groups excluding carboxylic acids is 1. The van der Waals surface area contributed by atoms with Crippen molar-refractivity contribution in [1.29, 1.82) is 0 Å². The lowest BCUT2D eigenvalue weighted by Gasteiger charge is -2.28. The third kappa shape index (κ3) is 3.24. The Morgan fingerprint density at radius 2 is 2.21 bits per heavy atom. The molecule has 82 valence electrons. The Hall–Kier alpha value is -0.0900. The molecule has 1 unspecified atom stereocenters. The van der Waals surface area contributed by atoms with Crippen molar-refractivity contribution in [2.24, 2.45) is 0 Å². The van der Waals surface area contributed by atoms with Crippen LogP contribution in [0.1, 0.15) is 39.0 Å². The number of halogens is 1. The number of rotatable bonds is 3. The molecule has 3 nitrogen and oxygen atoms in total. The maximum atomic E-state index is 11.5. The van der Waals surface area contributed by atoms with Crippen LogP contribution in [0.25, 0.3) is 0 Å². The van der Waals surface area contributed by atoms with E-state index in [1.165, 1.54) is 0 Å². The van der Waals surface area contributed by atoms with Crippen molar-refractivity contribution < 1.29 is 9.90 Å². The lowest BCUT2D eigenvalue weighted by molar-refractivity contribution is -0.122. The fourth-order valence-corrected chi connectivity index (χ4v) is 1.87. The summed E-state index contributed by atoms with van der Waals surface area (Å²) in [6.07, 6.45) is 4.29. The summed E-state index contributed by atoms with van der Waals surface area (Å²) in [4.78, 5) is 11.4. The van der Waals surface area contributed by atoms with Gasteiger partial charge in [0.2, 0.25) is 5.91 Å². The number of aliphatic hydroxyl groups is 1. The van der Waals surface area contributed by atoms with Crippen LogP contribution in [0.5, 0.6) is 0 Å². The minimum atomic E-state index is -0.357. The van der Waals surface area contributed by atoms with Gasteiger partial charge in [0, 0.05) is 0 Å². The van der Waals surface area contributed by atoms with Crippen molar-refractivity contribution in [3.8, 4) is 0 Å². The molecule has 1 rings (SSSR count). The van der Waals surface area contributed by atoms with Gasteiger partial charge >= 0.3 is 0 Å². The Bertz CT molecular complexity index is 199. The second-order valence-electron chi connectivity index (χ2n) is 3.84. The van der Waals surface area contributed by atoms with Gasteiger partial charge in [-0.05, 0) is 19.3 Å². The molecule has 0 spiro atoms. The largest absolute Gasteiger partial charge is 0.391 e. The molecule has 1 amide bonds. The van der Waals surface area contributed by atoms with Gasteiger partial charge in [-0.2, -0.15) is 0 Å². The first kappa shape index (κ1) is 12.0. The summed E-state index contributed by atoms with van der Waals surface area (Å²) in [5.74, 6) is -0.00144. The monoisotopic (exact) mass is 263 g/mol. The van der Waals surface area contributed by atoms with E-state index < -0.39 is 0 Å². The molecule has 1 aliphatic carbocycles. The summed E-state index contributed by atoms with van der Waals surface area (Å²) in [5, 5.41) is 12.5. The fraction of sp³-hybridized carbons (Fsp3) is 0.900. The molecule has 14 heavy (non-hydrogen) atoms. The van der Waals surface area contributed by atoms with E-state index >= 15 is 0 Å². The maximum absolute atomic E-state index is 11.5. The molecular weight excluding hydrogens is 246 g/mol. The van der Waals surface area contributed by atoms with Gasteiger partial charge in [-0.1, -0.05) is 35.7 Å². The first-order valence-corrected chi connectivity index (χ1v) is 6.19. The van der Waals surface area contributed by atoms with Crippen LogP contribution >= 0.6 is 15.9 Å². The van der Waals surface area contributed by atoms with E-state index in [0.717, 1.165) is 32.1 Å². The highest BCUT2D eigenvalue weighted by Gasteiger charge is 2.25. The number of hydrogen-bond acceptors (Lipinski definition) is 2. The molecule has 0 heterocycles. The predicted octanol–water partition coefficient (Wildman–Crippen LogP) is 1.58. The van der Waals surface area contributed by atoms with E-state index in [9.17, 15) is 9.90 Å². The van der Waals surface area contributed by atoms with Crippen LogP contribution in [0.3, 0.4) is 0 Å². The average molecular weight is 264 g/mol. The van der Waals surface area contributed by atoms with Gasteiger partial charge in [0.05, 0.1) is 17.0 Å². The Kier molecular flexibility index (Phi) is 4.89. The van der Waals surface area contributed by atoms with E-state index in [2.05, 4.69) is 21.2 Å². The van der Waals surface area contributed by atoms with Crippen molar-refractivity contribution in [1.82, 2.24) is 5.32 Å². The molecular formula is C10H18BrNO2. The summed E-state index contributed by atoms with van der Waals surface area (Å²) < 4.78 is 0. The molecule has 0 aromatic carbocycles. The SMILES string of the molecule is CCC(Br)C(=O)N[C@H]1CCCC[C@@H]1O. The van der Waals surface area contributed by atoms with E-state index in [0.29, 0.717) is 0 Å². The fourth-order valence-electron chi connectivity index (χ4n) is 1.74. The molecule has 0 radical (unpaired) electrons. The molecule has 0 aliphatic heterocycles. The highest BCUT2D eigenvalue weighted by atomic mass is 79.9. The predicted molar refractivity (Wildman–Crippen MR) is 59.4 cm³/mol. The molecule has 0 saturated heterocycles. The van der Waals surface area contributed by atoms with Crippen molar-refractivity contribution >= 4 is 21.8 Å². The molecule has 4 heteroatoms. The topological polar surface area (TPSA) is 49.3 Å². The lowest BCUT2D eigenvalue weighted by atomic mass is 9.92. The lowest BCUT2D eigenvalue weighted by Crippen LogP contribution is -2.47.